The lowest BCUT2D eigenvalue weighted by molar-refractivity contribution is 0.0314. The van der Waals surface area contributed by atoms with Crippen molar-refractivity contribution in [1.29, 1.82) is 0 Å². The lowest BCUT2D eigenvalue weighted by atomic mass is 9.97. The van der Waals surface area contributed by atoms with E-state index in [9.17, 15) is 14.4 Å². The molecule has 1 unspecified atom stereocenters. The number of methoxy groups -OCH3 is 1. The Balaban J connectivity index is 1.57. The van der Waals surface area contributed by atoms with Crippen molar-refractivity contribution in [3.05, 3.63) is 81.2 Å². The van der Waals surface area contributed by atoms with E-state index in [2.05, 4.69) is 4.90 Å². The second-order valence-corrected chi connectivity index (χ2v) is 8.14. The second-order valence-electron chi connectivity index (χ2n) is 8.14. The van der Waals surface area contributed by atoms with Gasteiger partial charge in [0.1, 0.15) is 5.58 Å². The number of carbonyl (C=O) groups excluding carboxylic acids is 2. The minimum atomic E-state index is -0.596. The maximum atomic E-state index is 13.5. The molecule has 1 fully saturated rings. The summed E-state index contributed by atoms with van der Waals surface area (Å²) >= 11 is 0. The average molecular weight is 448 g/mol. The molecule has 3 heterocycles. The van der Waals surface area contributed by atoms with Crippen molar-refractivity contribution in [3.63, 3.8) is 0 Å². The summed E-state index contributed by atoms with van der Waals surface area (Å²) in [6.07, 6.45) is 0. The number of benzene rings is 2. The van der Waals surface area contributed by atoms with Gasteiger partial charge in [0.25, 0.3) is 5.91 Å². The molecule has 1 aromatic heterocycles. The zero-order valence-electron chi connectivity index (χ0n) is 18.3. The maximum absolute atomic E-state index is 13.5. The Morgan fingerprint density at radius 2 is 1.76 bits per heavy atom. The monoisotopic (exact) mass is 448 g/mol. The second kappa shape index (κ2) is 8.80. The zero-order valence-corrected chi connectivity index (χ0v) is 18.3. The van der Waals surface area contributed by atoms with Crippen molar-refractivity contribution in [2.75, 3.05) is 46.5 Å². The van der Waals surface area contributed by atoms with Crippen LogP contribution in [0, 0.1) is 0 Å². The minimum absolute atomic E-state index is 0.0859. The van der Waals surface area contributed by atoms with Crippen LogP contribution >= 0.6 is 0 Å². The first-order valence-electron chi connectivity index (χ1n) is 10.9. The normalized spacial score (nSPS) is 18.5. The maximum Gasteiger partial charge on any atom is 0.337 e. The molecule has 2 aliphatic rings. The van der Waals surface area contributed by atoms with Gasteiger partial charge in [0, 0.05) is 26.2 Å². The predicted octanol–water partition coefficient (Wildman–Crippen LogP) is 2.46. The Labute approximate surface area is 190 Å². The van der Waals surface area contributed by atoms with E-state index < -0.39 is 12.0 Å². The highest BCUT2D eigenvalue weighted by Crippen LogP contribution is 2.38. The average Bonchev–Trinajstić information content (AvgIpc) is 3.14. The highest BCUT2D eigenvalue weighted by Gasteiger charge is 2.42. The zero-order chi connectivity index (χ0) is 22.9. The number of para-hydroxylation sites is 1. The van der Waals surface area contributed by atoms with E-state index in [1.807, 2.05) is 0 Å². The lowest BCUT2D eigenvalue weighted by Gasteiger charge is -2.31. The van der Waals surface area contributed by atoms with Gasteiger partial charge in [0.05, 0.1) is 42.9 Å². The van der Waals surface area contributed by atoms with Crippen molar-refractivity contribution >= 4 is 22.8 Å². The standard InChI is InChI=1S/C25H24N2O6/c1-31-25(30)17-8-6-16(7-9-17)21-20-22(28)18-4-2-3-5-19(18)33-23(20)24(29)27(21)11-10-26-12-14-32-15-13-26/h2-9,21H,10-15H2,1H3. The third kappa shape index (κ3) is 3.81. The molecule has 8 nitrogen and oxygen atoms in total. The number of carbonyl (C=O) groups is 2. The fraction of sp³-hybridized carbons (Fsp3) is 0.320. The summed E-state index contributed by atoms with van der Waals surface area (Å²) in [6, 6.07) is 13.2. The first-order valence-corrected chi connectivity index (χ1v) is 10.9. The molecule has 0 spiro atoms. The Kier molecular flexibility index (Phi) is 5.70. The summed E-state index contributed by atoms with van der Waals surface area (Å²) in [5, 5.41) is 0.440. The fourth-order valence-corrected chi connectivity index (χ4v) is 4.54. The number of rotatable bonds is 5. The molecule has 0 N–H and O–H groups in total. The van der Waals surface area contributed by atoms with E-state index in [0.29, 0.717) is 48.4 Å². The van der Waals surface area contributed by atoms with Crippen LogP contribution in [-0.2, 0) is 9.47 Å². The van der Waals surface area contributed by atoms with Gasteiger partial charge in [-0.25, -0.2) is 4.79 Å². The summed E-state index contributed by atoms with van der Waals surface area (Å²) in [7, 11) is 1.33. The van der Waals surface area contributed by atoms with Gasteiger partial charge in [0.2, 0.25) is 5.76 Å². The third-order valence-corrected chi connectivity index (χ3v) is 6.28. The van der Waals surface area contributed by atoms with Crippen LogP contribution < -0.4 is 5.43 Å². The minimum Gasteiger partial charge on any atom is -0.465 e. The molecular formula is C25H24N2O6. The summed E-state index contributed by atoms with van der Waals surface area (Å²) in [4.78, 5) is 42.7. The van der Waals surface area contributed by atoms with E-state index in [1.54, 1.807) is 53.4 Å². The molecule has 0 bridgehead atoms. The smallest absolute Gasteiger partial charge is 0.337 e. The molecule has 0 aliphatic carbocycles. The molecule has 1 saturated heterocycles. The molecule has 5 rings (SSSR count). The number of hydrogen-bond donors (Lipinski definition) is 0. The fourth-order valence-electron chi connectivity index (χ4n) is 4.54. The first kappa shape index (κ1) is 21.4. The van der Waals surface area contributed by atoms with E-state index in [4.69, 9.17) is 13.9 Å². The third-order valence-electron chi connectivity index (χ3n) is 6.28. The number of esters is 1. The molecule has 0 saturated carbocycles. The SMILES string of the molecule is COC(=O)c1ccc(C2c3c(oc4ccccc4c3=O)C(=O)N2CCN2CCOCC2)cc1. The highest BCUT2D eigenvalue weighted by molar-refractivity contribution is 5.99. The Morgan fingerprint density at radius 3 is 2.48 bits per heavy atom. The summed E-state index contributed by atoms with van der Waals surface area (Å²) in [6.45, 7) is 4.02. The van der Waals surface area contributed by atoms with Crippen molar-refractivity contribution in [2.24, 2.45) is 0 Å². The number of fused-ring (bicyclic) bond motifs is 2. The van der Waals surface area contributed by atoms with E-state index >= 15 is 0 Å². The van der Waals surface area contributed by atoms with Crippen molar-refractivity contribution in [3.8, 4) is 0 Å². The molecule has 8 heteroatoms. The van der Waals surface area contributed by atoms with Crippen LogP contribution in [0.25, 0.3) is 11.0 Å². The van der Waals surface area contributed by atoms with Gasteiger partial charge in [-0.05, 0) is 29.8 Å². The summed E-state index contributed by atoms with van der Waals surface area (Å²) in [5.41, 5.74) is 1.66. The van der Waals surface area contributed by atoms with Gasteiger partial charge in [-0.2, -0.15) is 0 Å². The Morgan fingerprint density at radius 1 is 1.03 bits per heavy atom. The topological polar surface area (TPSA) is 89.3 Å². The Hall–Kier alpha value is -3.49. The number of nitrogens with zero attached hydrogens (tertiary/aromatic N) is 2. The molecule has 1 amide bonds. The number of ether oxygens (including phenoxy) is 2. The first-order chi connectivity index (χ1) is 16.1. The number of morpholine rings is 1. The highest BCUT2D eigenvalue weighted by atomic mass is 16.5. The van der Waals surface area contributed by atoms with Gasteiger partial charge in [-0.15, -0.1) is 0 Å². The van der Waals surface area contributed by atoms with Crippen molar-refractivity contribution in [1.82, 2.24) is 9.80 Å². The van der Waals surface area contributed by atoms with E-state index in [0.717, 1.165) is 18.7 Å². The molecule has 2 aliphatic heterocycles. The van der Waals surface area contributed by atoms with Crippen molar-refractivity contribution < 1.29 is 23.5 Å². The lowest BCUT2D eigenvalue weighted by Crippen LogP contribution is -2.42. The predicted molar refractivity (Wildman–Crippen MR) is 120 cm³/mol. The van der Waals surface area contributed by atoms with Crippen LogP contribution in [0.1, 0.15) is 38.1 Å². The molecule has 3 aromatic rings. The molecule has 0 radical (unpaired) electrons. The van der Waals surface area contributed by atoms with Crippen LogP contribution in [-0.4, -0.2) is 68.2 Å². The van der Waals surface area contributed by atoms with Crippen LogP contribution in [0.15, 0.2) is 57.7 Å². The van der Waals surface area contributed by atoms with E-state index in [1.165, 1.54) is 7.11 Å². The van der Waals surface area contributed by atoms with Gasteiger partial charge in [-0.3, -0.25) is 14.5 Å². The molecule has 1 atom stereocenters. The molecular weight excluding hydrogens is 424 g/mol. The quantitative estimate of drug-likeness (QED) is 0.554. The molecule has 2 aromatic carbocycles. The summed E-state index contributed by atoms with van der Waals surface area (Å²) in [5.74, 6) is -0.662. The largest absolute Gasteiger partial charge is 0.465 e. The van der Waals surface area contributed by atoms with Gasteiger partial charge in [-0.1, -0.05) is 24.3 Å². The number of hydrogen-bond acceptors (Lipinski definition) is 7. The molecule has 170 valence electrons. The molecule has 33 heavy (non-hydrogen) atoms. The van der Waals surface area contributed by atoms with Crippen LogP contribution in [0.4, 0.5) is 0 Å². The Bertz CT molecular complexity index is 1260. The van der Waals surface area contributed by atoms with Crippen LogP contribution in [0.2, 0.25) is 0 Å². The van der Waals surface area contributed by atoms with Crippen molar-refractivity contribution in [2.45, 2.75) is 6.04 Å². The number of amides is 1. The summed E-state index contributed by atoms with van der Waals surface area (Å²) < 4.78 is 16.2. The van der Waals surface area contributed by atoms with Crippen LogP contribution in [0.5, 0.6) is 0 Å². The van der Waals surface area contributed by atoms with Crippen LogP contribution in [0.3, 0.4) is 0 Å². The van der Waals surface area contributed by atoms with Gasteiger partial charge >= 0.3 is 5.97 Å². The van der Waals surface area contributed by atoms with Gasteiger partial charge in [0.15, 0.2) is 5.43 Å². The van der Waals surface area contributed by atoms with Gasteiger partial charge < -0.3 is 18.8 Å². The van der Waals surface area contributed by atoms with E-state index in [-0.39, 0.29) is 17.1 Å².